The van der Waals surface area contributed by atoms with Gasteiger partial charge in [0.25, 0.3) is 0 Å². The molecule has 2 aromatic rings. The van der Waals surface area contributed by atoms with Gasteiger partial charge in [-0.25, -0.2) is 4.79 Å². The molecule has 8 saturated carbocycles. The van der Waals surface area contributed by atoms with Crippen molar-refractivity contribution in [2.75, 3.05) is 26.4 Å². The first kappa shape index (κ1) is 55.8. The van der Waals surface area contributed by atoms with Crippen molar-refractivity contribution in [3.8, 4) is 0 Å². The maximum atomic E-state index is 17.9. The first-order chi connectivity index (χ1) is 43.7. The Hall–Kier alpha value is -4.63. The minimum absolute atomic E-state index is 0.0105. The van der Waals surface area contributed by atoms with Crippen molar-refractivity contribution in [2.45, 2.75) is 183 Å². The average Bonchev–Trinajstić information content (AvgIpc) is 1.40. The molecule has 11 aliphatic carbocycles. The maximum Gasteiger partial charge on any atom is 0.339 e. The standard InChI is InChI=1S/C77H92N2O11/c1-42-53-15-7-6-13-46(53)19-24-70(42)22-9-23-73-60(70)33-52-32-51-30-45-18-25-74-68(85)87-40-72(76(52,74)90-73)62-49(37-71(51,74)35-45)36-69(2)65(55-21-27-86-59(55)34-56(58(81)39-80)47-16-17-54-48(31-47)20-26-79-41-78-38-57(54)79)88-67(84)66-77(69,89-66)75(62,64(83)61(82)63(72)73)50-14-8-12-44(29-50)28-43-10-4-3-5-11-43/h3-5,9-11,18-22,24-27,33,42,44-51,53-54,56-58,60,62-66,78,80-81,83H,6-8,12-17,23,28-32,34-41H2,1-2H3/t42-,44+,45+,46-,47+,48+,49+,50-,51+,53+,54-,56-,57-,58+,60+,62+,63-,64+,65-,66+,69-,70-,71-,72+,73-,74-,75-,76+,77+/m0/s1. The number of furan rings is 1. The molecule has 0 unspecified atom stereocenters. The minimum Gasteiger partial charge on any atom is -0.469 e. The first-order valence-corrected chi connectivity index (χ1v) is 36.0. The number of nitrogens with one attached hydrogen (secondary N) is 1. The van der Waals surface area contributed by atoms with Gasteiger partial charge < -0.3 is 43.6 Å². The maximum absolute atomic E-state index is 17.9. The summed E-state index contributed by atoms with van der Waals surface area (Å²) in [5.74, 6) is 0.315. The third-order valence-corrected chi connectivity index (χ3v) is 31.5. The summed E-state index contributed by atoms with van der Waals surface area (Å²) in [4.78, 5) is 52.7. The molecule has 5 saturated heterocycles. The van der Waals surface area contributed by atoms with Crippen LogP contribution in [-0.2, 0) is 46.2 Å². The van der Waals surface area contributed by atoms with Gasteiger partial charge in [0.15, 0.2) is 11.9 Å². The largest absolute Gasteiger partial charge is 0.469 e. The number of fused-ring (bicyclic) bond motifs is 6. The van der Waals surface area contributed by atoms with Gasteiger partial charge in [0.2, 0.25) is 0 Å². The zero-order valence-corrected chi connectivity index (χ0v) is 52.6. The predicted molar refractivity (Wildman–Crippen MR) is 331 cm³/mol. The summed E-state index contributed by atoms with van der Waals surface area (Å²) in [6.45, 7) is 6.24. The zero-order valence-electron chi connectivity index (χ0n) is 52.6. The number of esters is 2. The molecule has 7 aliphatic heterocycles. The van der Waals surface area contributed by atoms with Crippen LogP contribution in [0.25, 0.3) is 0 Å². The summed E-state index contributed by atoms with van der Waals surface area (Å²) in [6, 6.07) is 13.2. The number of hydrogen-bond donors (Lipinski definition) is 4. The Balaban J connectivity index is 0.793. The number of Topliss-reactive ketones (excluding diaryl/α,β-unsaturated/α-hetero) is 1. The molecule has 0 amide bonds. The van der Waals surface area contributed by atoms with E-state index in [1.807, 2.05) is 6.07 Å². The number of epoxide rings is 1. The lowest BCUT2D eigenvalue weighted by Crippen LogP contribution is -2.83. The Labute approximate surface area is 529 Å². The summed E-state index contributed by atoms with van der Waals surface area (Å²) in [6.07, 6.45) is 35.7. The van der Waals surface area contributed by atoms with Gasteiger partial charge in [0, 0.05) is 46.7 Å². The van der Waals surface area contributed by atoms with Crippen molar-refractivity contribution < 1.29 is 53.1 Å². The van der Waals surface area contributed by atoms with Crippen LogP contribution in [0, 0.1) is 121 Å². The average molecular weight is 1220 g/mol. The number of benzene rings is 1. The van der Waals surface area contributed by atoms with Crippen molar-refractivity contribution in [2.24, 2.45) is 121 Å². The van der Waals surface area contributed by atoms with Crippen molar-refractivity contribution in [3.05, 3.63) is 120 Å². The molecule has 8 heterocycles. The number of ketones is 1. The second-order valence-corrected chi connectivity index (χ2v) is 33.9. The Morgan fingerprint density at radius 2 is 1.74 bits per heavy atom. The minimum atomic E-state index is -1.54. The molecular formula is C77H92N2O11. The molecule has 13 heteroatoms. The number of carbonyl (C=O) groups excluding carboxylic acids is 3. The molecule has 13 nitrogen and oxygen atoms in total. The van der Waals surface area contributed by atoms with Gasteiger partial charge in [-0.1, -0.05) is 118 Å². The van der Waals surface area contributed by atoms with E-state index >= 15 is 19.5 Å². The summed E-state index contributed by atoms with van der Waals surface area (Å²) in [5, 5.41) is 41.6. The van der Waals surface area contributed by atoms with Crippen LogP contribution in [0.2, 0.25) is 0 Å². The molecule has 90 heavy (non-hydrogen) atoms. The second-order valence-electron chi connectivity index (χ2n) is 33.9. The molecule has 4 N–H and O–H groups in total. The summed E-state index contributed by atoms with van der Waals surface area (Å²) < 4.78 is 37.6. The molecule has 476 valence electrons. The van der Waals surface area contributed by atoms with Crippen LogP contribution in [0.15, 0.2) is 107 Å². The van der Waals surface area contributed by atoms with Crippen molar-refractivity contribution in [1.29, 1.82) is 0 Å². The van der Waals surface area contributed by atoms with E-state index in [4.69, 9.17) is 23.4 Å². The van der Waals surface area contributed by atoms with Crippen LogP contribution in [0.3, 0.4) is 0 Å². The van der Waals surface area contributed by atoms with Crippen molar-refractivity contribution in [1.82, 2.24) is 10.2 Å². The SMILES string of the molecule is C[C@H]1[C@H]2CCCC[C@H]2C=C[C@@]12C=CC[C@]13O[C@@]45C(=C[C@H]21)C[C@H]1C[C@H]2C=C[C@@]46C(=O)OC[C@@]54[C@@H]3C(=O)[C@@H](O)[C@]3([C@H]5CCC[C@H](Cc7ccccc7)C5)[C@@H]4[C@@H](C[C@@]16C2)C[C@@]1(C)[C@H](c2ccoc2C[C@@H]([C@@H]2CC[C@H]4[C@H](C=CN5CNC[C@@H]45)C2)[C@H](O)CO)OC(=O)[C@H]2O[C@@]231. The summed E-state index contributed by atoms with van der Waals surface area (Å²) in [7, 11) is 0. The monoisotopic (exact) mass is 1220 g/mol. The number of carbonyl (C=O) groups is 3. The predicted octanol–water partition coefficient (Wildman–Crippen LogP) is 10.5. The van der Waals surface area contributed by atoms with E-state index in [0.717, 1.165) is 89.4 Å². The highest BCUT2D eigenvalue weighted by molar-refractivity contribution is 5.96. The van der Waals surface area contributed by atoms with Crippen LogP contribution in [0.4, 0.5) is 0 Å². The Morgan fingerprint density at radius 3 is 2.62 bits per heavy atom. The van der Waals surface area contributed by atoms with E-state index in [0.29, 0.717) is 61.2 Å². The Morgan fingerprint density at radius 1 is 0.867 bits per heavy atom. The molecule has 1 aromatic heterocycles. The fraction of sp³-hybridized carbons (Fsp3) is 0.701. The highest BCUT2D eigenvalue weighted by atomic mass is 16.7. The van der Waals surface area contributed by atoms with Crippen LogP contribution >= 0.6 is 0 Å². The van der Waals surface area contributed by atoms with Crippen LogP contribution in [-0.4, -0.2) is 106 Å². The number of hydrogen-bond acceptors (Lipinski definition) is 13. The topological polar surface area (TPSA) is 181 Å². The summed E-state index contributed by atoms with van der Waals surface area (Å²) >= 11 is 0. The van der Waals surface area contributed by atoms with Gasteiger partial charge in [0.1, 0.15) is 41.2 Å². The molecule has 6 bridgehead atoms. The smallest absolute Gasteiger partial charge is 0.339 e. The third kappa shape index (κ3) is 6.15. The number of allylic oxidation sites excluding steroid dienone is 5. The van der Waals surface area contributed by atoms with E-state index in [9.17, 15) is 10.2 Å². The van der Waals surface area contributed by atoms with Crippen LogP contribution in [0.1, 0.15) is 146 Å². The highest BCUT2D eigenvalue weighted by Gasteiger charge is 3.01. The van der Waals surface area contributed by atoms with Gasteiger partial charge in [-0.3, -0.25) is 14.9 Å². The fourth-order valence-corrected chi connectivity index (χ4v) is 29.0. The normalized spacial score (nSPS) is 54.0. The molecule has 20 rings (SSSR count). The lowest BCUT2D eigenvalue weighted by Gasteiger charge is -2.73. The number of cyclic esters (lactones) is 2. The van der Waals surface area contributed by atoms with E-state index in [-0.39, 0.29) is 78.2 Å². The summed E-state index contributed by atoms with van der Waals surface area (Å²) in [5.41, 5.74) is -6.37. The van der Waals surface area contributed by atoms with Gasteiger partial charge in [-0.15, -0.1) is 0 Å². The van der Waals surface area contributed by atoms with E-state index < -0.39 is 91.5 Å². The number of rotatable bonds is 9. The first-order valence-electron chi connectivity index (χ1n) is 36.0. The number of aliphatic hydroxyl groups is 3. The molecule has 7 spiro atoms. The second kappa shape index (κ2) is 18.4. The molecular weight excluding hydrogens is 1130 g/mol. The van der Waals surface area contributed by atoms with Crippen molar-refractivity contribution >= 4 is 17.7 Å². The third-order valence-electron chi connectivity index (χ3n) is 31.5. The number of ether oxygens (including phenoxy) is 4. The fourth-order valence-electron chi connectivity index (χ4n) is 29.0. The Kier molecular flexibility index (Phi) is 11.4. The molecule has 29 atom stereocenters. The highest BCUT2D eigenvalue weighted by Crippen LogP contribution is 2.93. The lowest BCUT2D eigenvalue weighted by atomic mass is 9.29. The lowest BCUT2D eigenvalue weighted by molar-refractivity contribution is -0.308. The van der Waals surface area contributed by atoms with Gasteiger partial charge >= 0.3 is 11.9 Å². The van der Waals surface area contributed by atoms with E-state index in [1.165, 1.54) is 36.8 Å². The molecule has 13 fully saturated rings. The quantitative estimate of drug-likeness (QED) is 0.106. The van der Waals surface area contributed by atoms with Crippen LogP contribution in [0.5, 0.6) is 0 Å². The van der Waals surface area contributed by atoms with E-state index in [1.54, 1.807) is 6.26 Å². The van der Waals surface area contributed by atoms with Gasteiger partial charge in [-0.05, 0) is 196 Å². The number of nitrogens with zero attached hydrogens (tertiary/aromatic N) is 1. The van der Waals surface area contributed by atoms with Gasteiger partial charge in [0.05, 0.1) is 42.6 Å². The molecule has 0 radical (unpaired) electrons. The Bertz CT molecular complexity index is 3570. The van der Waals surface area contributed by atoms with Crippen molar-refractivity contribution in [3.63, 3.8) is 0 Å². The van der Waals surface area contributed by atoms with E-state index in [2.05, 4.69) is 109 Å². The molecule has 1 aromatic carbocycles. The number of aliphatic hydroxyl groups excluding tert-OH is 3. The molecule has 18 aliphatic rings. The zero-order chi connectivity index (χ0) is 60.5. The van der Waals surface area contributed by atoms with Crippen LogP contribution < -0.4 is 5.32 Å². The van der Waals surface area contributed by atoms with Gasteiger partial charge in [-0.2, -0.15) is 0 Å².